The highest BCUT2D eigenvalue weighted by Crippen LogP contribution is 2.43. The topological polar surface area (TPSA) is 176 Å². The maximum Gasteiger partial charge on any atom is 0.220 e. The van der Waals surface area contributed by atoms with Crippen molar-refractivity contribution >= 4 is 11.8 Å². The largest absolute Gasteiger partial charge is 0.508 e. The number of benzene rings is 3. The Balaban J connectivity index is 0.860. The molecule has 2 saturated heterocycles. The minimum Gasteiger partial charge on any atom is -0.508 e. The molecule has 12 heteroatoms. The third-order valence-corrected chi connectivity index (χ3v) is 10.3. The van der Waals surface area contributed by atoms with E-state index in [2.05, 4.69) is 33.8 Å². The second-order valence-corrected chi connectivity index (χ2v) is 14.5. The van der Waals surface area contributed by atoms with Gasteiger partial charge in [-0.1, -0.05) is 72.8 Å². The fourth-order valence-electron chi connectivity index (χ4n) is 7.06. The molecule has 0 saturated carbocycles. The van der Waals surface area contributed by atoms with Crippen LogP contribution in [0.1, 0.15) is 96.7 Å². The van der Waals surface area contributed by atoms with Gasteiger partial charge in [0.1, 0.15) is 5.75 Å². The second kappa shape index (κ2) is 22.1. The highest BCUT2D eigenvalue weighted by Gasteiger charge is 2.35. The number of amides is 2. The summed E-state index contributed by atoms with van der Waals surface area (Å²) in [7, 11) is 0. The van der Waals surface area contributed by atoms with E-state index in [4.69, 9.17) is 29.5 Å². The average Bonchev–Trinajstić information content (AvgIpc) is 3.28. The fraction of sp³-hybridized carbons (Fsp3) is 0.340. The number of nitrogens with one attached hydrogen (secondary N) is 2. The van der Waals surface area contributed by atoms with Crippen molar-refractivity contribution in [2.45, 2.75) is 63.3 Å². The fourth-order valence-corrected chi connectivity index (χ4v) is 7.06. The van der Waals surface area contributed by atoms with Crippen LogP contribution in [0.25, 0.3) is 0 Å². The number of hydrogen-bond acceptors (Lipinski definition) is 10. The number of aromatic nitrogens is 1. The Kier molecular flexibility index (Phi) is 15.9. The zero-order chi connectivity index (χ0) is 41.2. The number of carbonyl (C=O) groups excluding carboxylic acids is 2. The number of hydrogen-bond donors (Lipinski definition) is 3. The number of allylic oxidation sites excluding steroid dienone is 4. The highest BCUT2D eigenvalue weighted by molar-refractivity contribution is 5.77. The SMILES string of the molecule is N#Cc1ccc([C@H]2OC[C@@H](C/C=C\CCC(=O)NCCNC(=O)CC/C=C\C[C@@H]3CO[C@H](c4ccc(C#N)cc4)O[C@@H]3c3ccccc3O)[C@@H](c3cccnc3)O2)cc1. The first-order valence-electron chi connectivity index (χ1n) is 20.0. The summed E-state index contributed by atoms with van der Waals surface area (Å²) in [5.41, 5.74) is 4.42. The van der Waals surface area contributed by atoms with E-state index < -0.39 is 18.7 Å². The van der Waals surface area contributed by atoms with Crippen molar-refractivity contribution < 1.29 is 33.6 Å². The number of pyridine rings is 1. The zero-order valence-electron chi connectivity index (χ0n) is 32.8. The van der Waals surface area contributed by atoms with Crippen LogP contribution in [-0.2, 0) is 28.5 Å². The normalized spacial score (nSPS) is 21.7. The molecule has 1 aromatic heterocycles. The summed E-state index contributed by atoms with van der Waals surface area (Å²) in [4.78, 5) is 29.2. The number of phenolic OH excluding ortho intramolecular Hbond substituents is 1. The van der Waals surface area contributed by atoms with Gasteiger partial charge < -0.3 is 34.7 Å². The first kappa shape index (κ1) is 42.5. The number of para-hydroxylation sites is 1. The van der Waals surface area contributed by atoms with Crippen LogP contribution in [0.2, 0.25) is 0 Å². The number of aromatic hydroxyl groups is 1. The number of rotatable bonds is 17. The maximum absolute atomic E-state index is 12.5. The van der Waals surface area contributed by atoms with Gasteiger partial charge in [-0.15, -0.1) is 0 Å². The second-order valence-electron chi connectivity index (χ2n) is 14.5. The van der Waals surface area contributed by atoms with Crippen molar-refractivity contribution in [2.75, 3.05) is 26.3 Å². The van der Waals surface area contributed by atoms with Crippen molar-refractivity contribution in [1.29, 1.82) is 10.5 Å². The smallest absolute Gasteiger partial charge is 0.220 e. The van der Waals surface area contributed by atoms with Gasteiger partial charge >= 0.3 is 0 Å². The van der Waals surface area contributed by atoms with E-state index in [0.29, 0.717) is 81.5 Å². The van der Waals surface area contributed by atoms with Crippen molar-refractivity contribution in [3.63, 3.8) is 0 Å². The summed E-state index contributed by atoms with van der Waals surface area (Å²) in [6, 6.07) is 29.5. The zero-order valence-corrected chi connectivity index (χ0v) is 32.8. The Hall–Kier alpha value is -6.15. The molecule has 0 unspecified atom stereocenters. The third-order valence-electron chi connectivity index (χ3n) is 10.3. The lowest BCUT2D eigenvalue weighted by Crippen LogP contribution is -2.34. The van der Waals surface area contributed by atoms with Crippen LogP contribution in [0.15, 0.2) is 122 Å². The predicted molar refractivity (Wildman–Crippen MR) is 219 cm³/mol. The van der Waals surface area contributed by atoms with Gasteiger partial charge in [0.05, 0.1) is 48.7 Å². The lowest BCUT2D eigenvalue weighted by atomic mass is 9.91. The third kappa shape index (κ3) is 12.4. The summed E-state index contributed by atoms with van der Waals surface area (Å²) < 4.78 is 24.9. The van der Waals surface area contributed by atoms with Gasteiger partial charge in [-0.05, 0) is 67.6 Å². The molecule has 0 bridgehead atoms. The highest BCUT2D eigenvalue weighted by atomic mass is 16.7. The molecule has 2 aliphatic heterocycles. The van der Waals surface area contributed by atoms with Crippen molar-refractivity contribution in [3.8, 4) is 17.9 Å². The van der Waals surface area contributed by atoms with Crippen LogP contribution in [0, 0.1) is 34.5 Å². The molecule has 4 aromatic rings. The lowest BCUT2D eigenvalue weighted by molar-refractivity contribution is -0.244. The maximum atomic E-state index is 12.5. The molecule has 2 amide bonds. The van der Waals surface area contributed by atoms with E-state index in [1.165, 1.54) is 0 Å². The molecule has 3 N–H and O–H groups in total. The molecule has 2 fully saturated rings. The van der Waals surface area contributed by atoms with E-state index in [-0.39, 0.29) is 35.5 Å². The van der Waals surface area contributed by atoms with Gasteiger partial charge in [0, 0.05) is 66.9 Å². The van der Waals surface area contributed by atoms with Gasteiger partial charge in [0.25, 0.3) is 0 Å². The first-order chi connectivity index (χ1) is 28.9. The van der Waals surface area contributed by atoms with Crippen molar-refractivity contribution in [1.82, 2.24) is 15.6 Å². The molecule has 2 aliphatic rings. The molecular formula is C47H49N5O7. The van der Waals surface area contributed by atoms with Crippen LogP contribution in [-0.4, -0.2) is 48.2 Å². The molecular weight excluding hydrogens is 747 g/mol. The molecule has 6 rings (SSSR count). The van der Waals surface area contributed by atoms with Crippen LogP contribution in [0.4, 0.5) is 0 Å². The first-order valence-corrected chi connectivity index (χ1v) is 20.0. The van der Waals surface area contributed by atoms with Crippen LogP contribution in [0.3, 0.4) is 0 Å². The summed E-state index contributed by atoms with van der Waals surface area (Å²) in [6.07, 6.45) is 12.8. The Morgan fingerprint density at radius 2 is 1.20 bits per heavy atom. The molecule has 3 aromatic carbocycles. The molecule has 0 aliphatic carbocycles. The van der Waals surface area contributed by atoms with E-state index in [9.17, 15) is 14.7 Å². The van der Waals surface area contributed by atoms with E-state index in [1.807, 2.05) is 73.0 Å². The van der Waals surface area contributed by atoms with E-state index in [1.54, 1.807) is 42.6 Å². The minimum absolute atomic E-state index is 0.0524. The van der Waals surface area contributed by atoms with Crippen LogP contribution in [0.5, 0.6) is 5.75 Å². The van der Waals surface area contributed by atoms with Gasteiger partial charge in [-0.2, -0.15) is 10.5 Å². The van der Waals surface area contributed by atoms with E-state index >= 15 is 0 Å². The molecule has 0 radical (unpaired) electrons. The number of carbonyl (C=O) groups is 2. The quantitative estimate of drug-likeness (QED) is 0.0709. The lowest BCUT2D eigenvalue weighted by Gasteiger charge is -2.37. The predicted octanol–water partition coefficient (Wildman–Crippen LogP) is 7.72. The monoisotopic (exact) mass is 795 g/mol. The van der Waals surface area contributed by atoms with Crippen LogP contribution < -0.4 is 10.6 Å². The standard InChI is InChI=1S/C47H49N5O7/c48-28-33-17-21-35(22-18-33)46-56-31-38(44(58-46)37-12-9-25-50-30-37)10-3-1-5-15-42(54)51-26-27-52-43(55)16-6-2-4-11-39-32-57-47(36-23-19-34(29-49)20-24-36)59-45(39)40-13-7-8-14-41(40)53/h1-4,7-9,12-14,17-25,30,38-39,44-47,53H,5-6,10-11,15-16,26-27,31-32H2,(H,51,54)(H,52,55)/b3-1-,4-2-/t38-,39-,44-,45+,46+,47+/m1/s1. The number of nitrogens with zero attached hydrogens (tertiary/aromatic N) is 3. The van der Waals surface area contributed by atoms with E-state index in [0.717, 1.165) is 16.7 Å². The van der Waals surface area contributed by atoms with Gasteiger partial charge in [-0.3, -0.25) is 14.6 Å². The average molecular weight is 796 g/mol. The summed E-state index contributed by atoms with van der Waals surface area (Å²) in [5, 5.41) is 34.6. The number of phenols is 1. The molecule has 3 heterocycles. The van der Waals surface area contributed by atoms with Crippen molar-refractivity contribution in [2.24, 2.45) is 11.8 Å². The Morgan fingerprint density at radius 1 is 0.678 bits per heavy atom. The summed E-state index contributed by atoms with van der Waals surface area (Å²) in [5.74, 6) is -0.0478. The Morgan fingerprint density at radius 3 is 1.71 bits per heavy atom. The number of nitriles is 2. The minimum atomic E-state index is -0.633. The van der Waals surface area contributed by atoms with Crippen LogP contribution >= 0.6 is 0 Å². The summed E-state index contributed by atoms with van der Waals surface area (Å²) in [6.45, 7) is 1.56. The molecule has 0 spiro atoms. The molecule has 12 nitrogen and oxygen atoms in total. The van der Waals surface area contributed by atoms with Crippen molar-refractivity contribution in [3.05, 3.63) is 155 Å². The van der Waals surface area contributed by atoms with Gasteiger partial charge in [0.2, 0.25) is 11.8 Å². The number of ether oxygens (including phenoxy) is 4. The Bertz CT molecular complexity index is 2110. The molecule has 304 valence electrons. The Labute approximate surface area is 345 Å². The van der Waals surface area contributed by atoms with Gasteiger partial charge in [0.15, 0.2) is 12.6 Å². The van der Waals surface area contributed by atoms with Gasteiger partial charge in [-0.25, -0.2) is 0 Å². The summed E-state index contributed by atoms with van der Waals surface area (Å²) >= 11 is 0. The molecule has 59 heavy (non-hydrogen) atoms. The molecule has 6 atom stereocenters.